The summed E-state index contributed by atoms with van der Waals surface area (Å²) in [4.78, 5) is 32.4. The molecule has 2 fully saturated rings. The van der Waals surface area contributed by atoms with Crippen molar-refractivity contribution in [1.82, 2.24) is 5.32 Å². The highest BCUT2D eigenvalue weighted by Crippen LogP contribution is 2.32. The van der Waals surface area contributed by atoms with Crippen LogP contribution in [0.2, 0.25) is 0 Å². The van der Waals surface area contributed by atoms with Crippen LogP contribution < -0.4 is 25.2 Å². The molecule has 0 bridgehead atoms. The van der Waals surface area contributed by atoms with Gasteiger partial charge >= 0.3 is 0 Å². The zero-order valence-corrected chi connectivity index (χ0v) is 26.0. The molecule has 1 heterocycles. The topological polar surface area (TPSA) is 73.9 Å². The summed E-state index contributed by atoms with van der Waals surface area (Å²) in [7, 11) is 1.70. The number of nitrogens with one attached hydrogen (secondary N) is 2. The van der Waals surface area contributed by atoms with Gasteiger partial charge in [-0.1, -0.05) is 92.1 Å². The molecule has 45 heavy (non-hydrogen) atoms. The molecule has 7 heteroatoms. The fourth-order valence-electron chi connectivity index (χ4n) is 6.66. The average molecular weight is 603 g/mol. The molecule has 2 amide bonds. The standard InChI is InChI=1S/C38H42N4O3/c1-45-35-20-12-11-19-34(35)42-25-23-41(24-26-42)33-22-21-31(27-32(33)37(43)39-30-17-9-4-10-18-30)40-38(44)36(28-13-5-2-6-14-28)29-15-7-3-8-16-29/h2-3,5-8,11-16,19-22,27,30,36H,4,9-10,17-18,23-26H2,1H3,(H,39,43)(H,40,44). The van der Waals surface area contributed by atoms with Crippen LogP contribution in [0.15, 0.2) is 103 Å². The highest BCUT2D eigenvalue weighted by atomic mass is 16.5. The van der Waals surface area contributed by atoms with Crippen molar-refractivity contribution in [2.24, 2.45) is 0 Å². The Hall–Kier alpha value is -4.78. The number of anilines is 3. The van der Waals surface area contributed by atoms with Gasteiger partial charge in [0.25, 0.3) is 5.91 Å². The van der Waals surface area contributed by atoms with Gasteiger partial charge in [0, 0.05) is 43.6 Å². The maximum atomic E-state index is 13.9. The predicted molar refractivity (Wildman–Crippen MR) is 182 cm³/mol. The summed E-state index contributed by atoms with van der Waals surface area (Å²) in [5, 5.41) is 6.46. The van der Waals surface area contributed by atoms with E-state index in [1.807, 2.05) is 97.1 Å². The molecule has 1 saturated carbocycles. The normalized spacial score (nSPS) is 15.5. The van der Waals surface area contributed by atoms with Gasteiger partial charge in [0.05, 0.1) is 24.3 Å². The van der Waals surface area contributed by atoms with Crippen LogP contribution in [0.5, 0.6) is 5.75 Å². The second-order valence-corrected chi connectivity index (χ2v) is 11.9. The number of methoxy groups -OCH3 is 1. The third-order valence-electron chi connectivity index (χ3n) is 9.02. The van der Waals surface area contributed by atoms with Crippen molar-refractivity contribution in [2.75, 3.05) is 48.4 Å². The smallest absolute Gasteiger partial charge is 0.253 e. The number of hydrogen-bond acceptors (Lipinski definition) is 5. The summed E-state index contributed by atoms with van der Waals surface area (Å²) < 4.78 is 5.61. The number of para-hydroxylation sites is 2. The number of amides is 2. The first-order chi connectivity index (χ1) is 22.1. The molecule has 2 N–H and O–H groups in total. The van der Waals surface area contributed by atoms with E-state index in [4.69, 9.17) is 4.74 Å². The quantitative estimate of drug-likeness (QED) is 0.219. The number of nitrogens with zero attached hydrogens (tertiary/aromatic N) is 2. The Morgan fingerprint density at radius 1 is 0.711 bits per heavy atom. The molecule has 0 spiro atoms. The number of ether oxygens (including phenoxy) is 1. The van der Waals surface area contributed by atoms with E-state index >= 15 is 0 Å². The highest BCUT2D eigenvalue weighted by molar-refractivity contribution is 6.03. The Bertz CT molecular complexity index is 1540. The van der Waals surface area contributed by atoms with Gasteiger partial charge < -0.3 is 25.2 Å². The third-order valence-corrected chi connectivity index (χ3v) is 9.02. The second kappa shape index (κ2) is 14.3. The number of piperazine rings is 1. The molecule has 4 aromatic rings. The molecule has 1 saturated heterocycles. The highest BCUT2D eigenvalue weighted by Gasteiger charge is 2.27. The number of carbonyl (C=O) groups excluding carboxylic acids is 2. The zero-order chi connectivity index (χ0) is 31.0. The van der Waals surface area contributed by atoms with Gasteiger partial charge in [0.15, 0.2) is 0 Å². The lowest BCUT2D eigenvalue weighted by Crippen LogP contribution is -2.47. The van der Waals surface area contributed by atoms with Gasteiger partial charge in [-0.25, -0.2) is 0 Å². The molecule has 0 radical (unpaired) electrons. The lowest BCUT2D eigenvalue weighted by molar-refractivity contribution is -0.116. The maximum Gasteiger partial charge on any atom is 0.253 e. The van der Waals surface area contributed by atoms with E-state index in [9.17, 15) is 9.59 Å². The Morgan fingerprint density at radius 3 is 1.91 bits per heavy atom. The molecule has 0 atom stereocenters. The lowest BCUT2D eigenvalue weighted by Gasteiger charge is -2.38. The van der Waals surface area contributed by atoms with Crippen molar-refractivity contribution in [2.45, 2.75) is 44.1 Å². The molecule has 1 aliphatic carbocycles. The monoisotopic (exact) mass is 602 g/mol. The van der Waals surface area contributed by atoms with E-state index in [1.165, 1.54) is 6.42 Å². The number of benzene rings is 4. The average Bonchev–Trinajstić information content (AvgIpc) is 3.10. The van der Waals surface area contributed by atoms with Crippen LogP contribution in [-0.2, 0) is 4.79 Å². The SMILES string of the molecule is COc1ccccc1N1CCN(c2ccc(NC(=O)C(c3ccccc3)c3ccccc3)cc2C(=O)NC2CCCCC2)CC1. The fraction of sp³-hybridized carbons (Fsp3) is 0.316. The first-order valence-electron chi connectivity index (χ1n) is 16.1. The number of hydrogen-bond donors (Lipinski definition) is 2. The Morgan fingerprint density at radius 2 is 1.29 bits per heavy atom. The van der Waals surface area contributed by atoms with E-state index in [2.05, 4.69) is 26.5 Å². The molecule has 7 nitrogen and oxygen atoms in total. The van der Waals surface area contributed by atoms with Crippen molar-refractivity contribution in [3.05, 3.63) is 120 Å². The van der Waals surface area contributed by atoms with E-state index in [-0.39, 0.29) is 17.9 Å². The summed E-state index contributed by atoms with van der Waals surface area (Å²) in [6, 6.07) is 33.7. The largest absolute Gasteiger partial charge is 0.495 e. The number of carbonyl (C=O) groups is 2. The van der Waals surface area contributed by atoms with Crippen molar-refractivity contribution >= 4 is 28.9 Å². The zero-order valence-electron chi connectivity index (χ0n) is 26.0. The van der Waals surface area contributed by atoms with Gasteiger partial charge in [-0.05, 0) is 54.3 Å². The molecular formula is C38H42N4O3. The minimum absolute atomic E-state index is 0.0807. The molecule has 1 aliphatic heterocycles. The molecular weight excluding hydrogens is 560 g/mol. The molecule has 2 aliphatic rings. The van der Waals surface area contributed by atoms with Crippen molar-refractivity contribution in [1.29, 1.82) is 0 Å². The Kier molecular flexibility index (Phi) is 9.64. The molecule has 232 valence electrons. The van der Waals surface area contributed by atoms with Crippen LogP contribution in [0.25, 0.3) is 0 Å². The van der Waals surface area contributed by atoms with E-state index < -0.39 is 5.92 Å². The summed E-state index contributed by atoms with van der Waals surface area (Å²) in [5.41, 5.74) is 5.02. The Balaban J connectivity index is 1.26. The summed E-state index contributed by atoms with van der Waals surface area (Å²) in [5.74, 6) is 0.171. The van der Waals surface area contributed by atoms with E-state index in [0.717, 1.165) is 80.1 Å². The van der Waals surface area contributed by atoms with Crippen LogP contribution >= 0.6 is 0 Å². The van der Waals surface area contributed by atoms with Crippen molar-refractivity contribution < 1.29 is 14.3 Å². The molecule has 6 rings (SSSR count). The van der Waals surface area contributed by atoms with Gasteiger partial charge in [-0.15, -0.1) is 0 Å². The fourth-order valence-corrected chi connectivity index (χ4v) is 6.66. The third kappa shape index (κ3) is 7.14. The van der Waals surface area contributed by atoms with Gasteiger partial charge in [0.2, 0.25) is 5.91 Å². The summed E-state index contributed by atoms with van der Waals surface area (Å²) in [6.07, 6.45) is 5.51. The first kappa shape index (κ1) is 30.3. The van der Waals surface area contributed by atoms with Crippen LogP contribution in [0.1, 0.15) is 59.5 Å². The van der Waals surface area contributed by atoms with Gasteiger partial charge in [-0.3, -0.25) is 9.59 Å². The minimum atomic E-state index is -0.477. The van der Waals surface area contributed by atoms with E-state index in [1.54, 1.807) is 7.11 Å². The van der Waals surface area contributed by atoms with Crippen LogP contribution in [0.3, 0.4) is 0 Å². The lowest BCUT2D eigenvalue weighted by atomic mass is 9.90. The summed E-state index contributed by atoms with van der Waals surface area (Å²) in [6.45, 7) is 3.13. The number of rotatable bonds is 9. The Labute approximate surface area is 266 Å². The molecule has 0 unspecified atom stereocenters. The molecule has 0 aromatic heterocycles. The second-order valence-electron chi connectivity index (χ2n) is 11.9. The van der Waals surface area contributed by atoms with Gasteiger partial charge in [-0.2, -0.15) is 0 Å². The molecule has 4 aromatic carbocycles. The van der Waals surface area contributed by atoms with Crippen LogP contribution in [0.4, 0.5) is 17.1 Å². The van der Waals surface area contributed by atoms with Gasteiger partial charge in [0.1, 0.15) is 5.75 Å². The first-order valence-corrected chi connectivity index (χ1v) is 16.1. The van der Waals surface area contributed by atoms with Crippen LogP contribution in [-0.4, -0.2) is 51.1 Å². The van der Waals surface area contributed by atoms with E-state index in [0.29, 0.717) is 11.3 Å². The van der Waals surface area contributed by atoms with Crippen LogP contribution in [0, 0.1) is 0 Å². The summed E-state index contributed by atoms with van der Waals surface area (Å²) >= 11 is 0. The minimum Gasteiger partial charge on any atom is -0.495 e. The predicted octanol–water partition coefficient (Wildman–Crippen LogP) is 6.85. The van der Waals surface area contributed by atoms with Crippen molar-refractivity contribution in [3.63, 3.8) is 0 Å². The maximum absolute atomic E-state index is 13.9. The van der Waals surface area contributed by atoms with Crippen molar-refractivity contribution in [3.8, 4) is 5.75 Å².